The molecule has 7 nitrogen and oxygen atoms in total. The lowest BCUT2D eigenvalue weighted by molar-refractivity contribution is -0.385. The van der Waals surface area contributed by atoms with E-state index in [1.54, 1.807) is 31.2 Å². The number of rotatable bonds is 3. The number of carbonyl (C=O) groups excluding carboxylic acids is 1. The van der Waals surface area contributed by atoms with Gasteiger partial charge in [-0.2, -0.15) is 5.10 Å². The van der Waals surface area contributed by atoms with Crippen molar-refractivity contribution in [2.75, 3.05) is 0 Å². The van der Waals surface area contributed by atoms with E-state index in [4.69, 9.17) is 0 Å². The molecule has 1 N–H and O–H groups in total. The maximum Gasteiger partial charge on any atom is 0.272 e. The van der Waals surface area contributed by atoms with Crippen molar-refractivity contribution in [1.82, 2.24) is 10.2 Å². The second-order valence-corrected chi connectivity index (χ2v) is 6.57. The van der Waals surface area contributed by atoms with Crippen LogP contribution in [0.25, 0.3) is 22.4 Å². The number of nitrogens with zero attached hydrogens (tertiary/aromatic N) is 2. The van der Waals surface area contributed by atoms with Crippen LogP contribution in [0.15, 0.2) is 41.2 Å². The summed E-state index contributed by atoms with van der Waals surface area (Å²) in [6, 6.07) is 10.1. The van der Waals surface area contributed by atoms with Gasteiger partial charge >= 0.3 is 0 Å². The molecule has 134 valence electrons. The van der Waals surface area contributed by atoms with Crippen molar-refractivity contribution in [2.24, 2.45) is 0 Å². The molecule has 0 saturated heterocycles. The molecule has 0 unspecified atom stereocenters. The van der Waals surface area contributed by atoms with Crippen LogP contribution in [0.5, 0.6) is 0 Å². The van der Waals surface area contributed by atoms with E-state index in [2.05, 4.69) is 10.2 Å². The van der Waals surface area contributed by atoms with Crippen LogP contribution in [0.3, 0.4) is 0 Å². The van der Waals surface area contributed by atoms with Crippen LogP contribution >= 0.6 is 0 Å². The summed E-state index contributed by atoms with van der Waals surface area (Å²) in [5, 5.41) is 18.0. The van der Waals surface area contributed by atoms with Gasteiger partial charge in [0.05, 0.1) is 10.6 Å². The van der Waals surface area contributed by atoms with Crippen LogP contribution in [0.2, 0.25) is 0 Å². The minimum Gasteiger partial charge on any atom is -0.295 e. The van der Waals surface area contributed by atoms with Crippen LogP contribution in [0.1, 0.15) is 34.0 Å². The van der Waals surface area contributed by atoms with Gasteiger partial charge in [-0.3, -0.25) is 19.7 Å². The molecule has 0 saturated carbocycles. The first-order chi connectivity index (χ1) is 12.9. The van der Waals surface area contributed by atoms with E-state index < -0.39 is 4.92 Å². The van der Waals surface area contributed by atoms with Crippen LogP contribution in [0.4, 0.5) is 5.69 Å². The SMILES string of the molecule is CC(=O)c1ccc2c(c1)Cc1c-2c(-c2cccc([N+](=O)[O-])c2C)n[nH]c1=O. The van der Waals surface area contributed by atoms with Crippen LogP contribution in [0, 0.1) is 17.0 Å². The van der Waals surface area contributed by atoms with E-state index in [0.717, 1.165) is 11.1 Å². The maximum atomic E-state index is 12.3. The van der Waals surface area contributed by atoms with Gasteiger partial charge in [-0.15, -0.1) is 0 Å². The summed E-state index contributed by atoms with van der Waals surface area (Å²) < 4.78 is 0. The number of benzene rings is 2. The molecule has 0 bridgehead atoms. The average molecular weight is 361 g/mol. The Balaban J connectivity index is 2.00. The maximum absolute atomic E-state index is 12.3. The van der Waals surface area contributed by atoms with E-state index in [9.17, 15) is 19.7 Å². The zero-order valence-electron chi connectivity index (χ0n) is 14.7. The highest BCUT2D eigenvalue weighted by atomic mass is 16.6. The number of nitro benzene ring substituents is 1. The summed E-state index contributed by atoms with van der Waals surface area (Å²) in [6.07, 6.45) is 0.393. The first-order valence-electron chi connectivity index (χ1n) is 8.38. The van der Waals surface area contributed by atoms with Crippen molar-refractivity contribution in [1.29, 1.82) is 0 Å². The number of aromatic nitrogens is 2. The van der Waals surface area contributed by atoms with Crippen molar-refractivity contribution in [3.63, 3.8) is 0 Å². The van der Waals surface area contributed by atoms with Gasteiger partial charge in [-0.05, 0) is 31.0 Å². The molecular formula is C20H15N3O4. The Kier molecular flexibility index (Phi) is 3.73. The van der Waals surface area contributed by atoms with Crippen molar-refractivity contribution >= 4 is 11.5 Å². The highest BCUT2D eigenvalue weighted by molar-refractivity contribution is 5.96. The number of fused-ring (bicyclic) bond motifs is 3. The van der Waals surface area contributed by atoms with Gasteiger partial charge in [0.25, 0.3) is 11.2 Å². The first-order valence-corrected chi connectivity index (χ1v) is 8.38. The molecule has 1 aliphatic rings. The number of carbonyl (C=O) groups is 1. The molecule has 0 amide bonds. The minimum absolute atomic E-state index is 0.000557. The van der Waals surface area contributed by atoms with Gasteiger partial charge in [-0.1, -0.05) is 24.3 Å². The van der Waals surface area contributed by atoms with Gasteiger partial charge in [0.15, 0.2) is 5.78 Å². The van der Waals surface area contributed by atoms with Crippen LogP contribution in [-0.4, -0.2) is 20.9 Å². The zero-order valence-corrected chi connectivity index (χ0v) is 14.7. The largest absolute Gasteiger partial charge is 0.295 e. The highest BCUT2D eigenvalue weighted by Crippen LogP contribution is 2.42. The Morgan fingerprint density at radius 3 is 2.70 bits per heavy atom. The Hall–Kier alpha value is -3.61. The normalized spacial score (nSPS) is 11.8. The summed E-state index contributed by atoms with van der Waals surface area (Å²) in [5.41, 5.74) is 4.80. The number of hydrogen-bond donors (Lipinski definition) is 1. The van der Waals surface area contributed by atoms with E-state index in [1.807, 2.05) is 6.07 Å². The number of ketones is 1. The van der Waals surface area contributed by atoms with E-state index in [1.165, 1.54) is 13.0 Å². The van der Waals surface area contributed by atoms with Gasteiger partial charge in [0.2, 0.25) is 0 Å². The summed E-state index contributed by atoms with van der Waals surface area (Å²) in [7, 11) is 0. The summed E-state index contributed by atoms with van der Waals surface area (Å²) in [6.45, 7) is 3.16. The summed E-state index contributed by atoms with van der Waals surface area (Å²) in [5.74, 6) is -0.0458. The molecule has 27 heavy (non-hydrogen) atoms. The topological polar surface area (TPSA) is 106 Å². The molecule has 3 aromatic rings. The lowest BCUT2D eigenvalue weighted by Crippen LogP contribution is -2.14. The number of aromatic amines is 1. The summed E-state index contributed by atoms with van der Waals surface area (Å²) >= 11 is 0. The molecular weight excluding hydrogens is 346 g/mol. The van der Waals surface area contributed by atoms with Crippen LogP contribution < -0.4 is 5.56 Å². The smallest absolute Gasteiger partial charge is 0.272 e. The number of nitrogens with one attached hydrogen (secondary N) is 1. The molecule has 1 aromatic heterocycles. The molecule has 0 atom stereocenters. The zero-order chi connectivity index (χ0) is 19.3. The fraction of sp³-hybridized carbons (Fsp3) is 0.150. The predicted octanol–water partition coefficient (Wildman–Crippen LogP) is 3.43. The number of hydrogen-bond acceptors (Lipinski definition) is 5. The minimum atomic E-state index is -0.433. The molecule has 0 fully saturated rings. The van der Waals surface area contributed by atoms with Gasteiger partial charge in [0.1, 0.15) is 0 Å². The fourth-order valence-electron chi connectivity index (χ4n) is 3.61. The number of nitro groups is 1. The first kappa shape index (κ1) is 16.8. The number of Topliss-reactive ketones (excluding diaryl/α,β-unsaturated/α-hetero) is 1. The molecule has 1 aliphatic carbocycles. The van der Waals surface area contributed by atoms with Crippen molar-refractivity contribution in [3.05, 3.63) is 79.1 Å². The van der Waals surface area contributed by atoms with Crippen molar-refractivity contribution in [3.8, 4) is 22.4 Å². The predicted molar refractivity (Wildman–Crippen MR) is 99.9 cm³/mol. The molecule has 4 rings (SSSR count). The Morgan fingerprint density at radius 1 is 1.22 bits per heavy atom. The van der Waals surface area contributed by atoms with Crippen molar-refractivity contribution < 1.29 is 9.72 Å². The molecule has 1 heterocycles. The molecule has 2 aromatic carbocycles. The third-order valence-electron chi connectivity index (χ3n) is 4.99. The quantitative estimate of drug-likeness (QED) is 0.342. The number of H-pyrrole nitrogens is 1. The van der Waals surface area contributed by atoms with Gasteiger partial charge < -0.3 is 0 Å². The Morgan fingerprint density at radius 2 is 2.00 bits per heavy atom. The van der Waals surface area contributed by atoms with Gasteiger partial charge in [0, 0.05) is 40.3 Å². The lowest BCUT2D eigenvalue weighted by Gasteiger charge is -2.11. The van der Waals surface area contributed by atoms with Crippen molar-refractivity contribution in [2.45, 2.75) is 20.3 Å². The summed E-state index contributed by atoms with van der Waals surface area (Å²) in [4.78, 5) is 34.9. The molecule has 0 radical (unpaired) electrons. The lowest BCUT2D eigenvalue weighted by atomic mass is 9.95. The second kappa shape index (κ2) is 5.98. The highest BCUT2D eigenvalue weighted by Gasteiger charge is 2.28. The van der Waals surface area contributed by atoms with E-state index >= 15 is 0 Å². The molecule has 7 heteroatoms. The Bertz CT molecular complexity index is 1190. The van der Waals surface area contributed by atoms with E-state index in [0.29, 0.717) is 39.9 Å². The molecule has 0 aliphatic heterocycles. The second-order valence-electron chi connectivity index (χ2n) is 6.57. The third-order valence-corrected chi connectivity index (χ3v) is 4.99. The third kappa shape index (κ3) is 2.55. The molecule has 0 spiro atoms. The fourth-order valence-corrected chi connectivity index (χ4v) is 3.61. The van der Waals surface area contributed by atoms with Gasteiger partial charge in [-0.25, -0.2) is 5.10 Å². The van der Waals surface area contributed by atoms with E-state index in [-0.39, 0.29) is 17.0 Å². The average Bonchev–Trinajstić information content (AvgIpc) is 3.02. The standard InChI is InChI=1S/C20H15N3O4/c1-10-14(4-3-5-17(10)23(26)27)19-18-15-7-6-12(11(2)24)8-13(15)9-16(18)20(25)22-21-19/h3-8H,9H2,1-2H3,(H,22,25). The monoisotopic (exact) mass is 361 g/mol. The Labute approximate surface area is 153 Å². The van der Waals surface area contributed by atoms with Crippen LogP contribution in [-0.2, 0) is 6.42 Å².